The minimum Gasteiger partial charge on any atom is -0.368 e. The molecule has 1 aromatic carbocycles. The van der Waals surface area contributed by atoms with E-state index in [2.05, 4.69) is 22.8 Å². The van der Waals surface area contributed by atoms with E-state index in [1.165, 1.54) is 15.1 Å². The summed E-state index contributed by atoms with van der Waals surface area (Å²) in [5.41, 5.74) is 1.24. The zero-order valence-electron chi connectivity index (χ0n) is 11.8. The van der Waals surface area contributed by atoms with Crippen LogP contribution in [0.1, 0.15) is 0 Å². The maximum absolute atomic E-state index is 8.49. The Morgan fingerprint density at radius 1 is 1.00 bits per heavy atom. The van der Waals surface area contributed by atoms with Gasteiger partial charge in [0, 0.05) is 11.1 Å². The van der Waals surface area contributed by atoms with Gasteiger partial charge in [-0.05, 0) is 28.0 Å². The highest BCUT2D eigenvalue weighted by Gasteiger charge is 2.14. The monoisotopic (exact) mass is 397 g/mol. The van der Waals surface area contributed by atoms with E-state index >= 15 is 0 Å². The lowest BCUT2D eigenvalue weighted by Gasteiger charge is -2.17. The predicted octanol–water partition coefficient (Wildman–Crippen LogP) is -1.82. The van der Waals surface area contributed by atoms with Gasteiger partial charge in [-0.15, -0.1) is 10.2 Å². The maximum Gasteiger partial charge on any atom is 0.267 e. The van der Waals surface area contributed by atoms with Crippen molar-refractivity contribution in [3.63, 3.8) is 0 Å². The summed E-state index contributed by atoms with van der Waals surface area (Å²) in [5, 5.41) is 0.785. The lowest BCUT2D eigenvalue weighted by atomic mass is 10.2. The van der Waals surface area contributed by atoms with Crippen LogP contribution in [0, 0.1) is 10.2 Å². The van der Waals surface area contributed by atoms with Gasteiger partial charge in [-0.2, -0.15) is 0 Å². The first-order valence-electron chi connectivity index (χ1n) is 6.46. The van der Waals surface area contributed by atoms with Gasteiger partial charge >= 0.3 is 0 Å². The van der Waals surface area contributed by atoms with Crippen LogP contribution in [0.25, 0.3) is 10.4 Å². The molecule has 0 atom stereocenters. The summed E-state index contributed by atoms with van der Waals surface area (Å²) < 4.78 is 43.1. The molecule has 1 fully saturated rings. The number of hydrogen-bond donors (Lipinski definition) is 0. The number of benzene rings is 1. The first kappa shape index (κ1) is 18.8. The zero-order chi connectivity index (χ0) is 16.9. The molecule has 0 amide bonds. The summed E-state index contributed by atoms with van der Waals surface area (Å²) >= 11 is 5.91. The van der Waals surface area contributed by atoms with E-state index in [4.69, 9.17) is 35.0 Å². The van der Waals surface area contributed by atoms with Crippen LogP contribution >= 0.6 is 32.3 Å². The Balaban J connectivity index is 0.000000338. The number of hydrogen-bond acceptors (Lipinski definition) is 7. The molecule has 1 aromatic heterocycles. The maximum atomic E-state index is 8.49. The molecule has 0 unspecified atom stereocenters. The van der Waals surface area contributed by atoms with Gasteiger partial charge in [-0.3, -0.25) is 0 Å². The normalized spacial score (nSPS) is 15.1. The Kier molecular flexibility index (Phi) is 6.96. The molecule has 0 N–H and O–H groups in total. The van der Waals surface area contributed by atoms with Gasteiger partial charge in [-0.1, -0.05) is 34.1 Å². The van der Waals surface area contributed by atoms with E-state index in [0.29, 0.717) is 0 Å². The van der Waals surface area contributed by atoms with Crippen LogP contribution in [0.3, 0.4) is 0 Å². The molecule has 0 saturated carbocycles. The molecule has 126 valence electrons. The summed E-state index contributed by atoms with van der Waals surface area (Å²) in [6.45, 7) is 3.65. The molecule has 10 heteroatoms. The second kappa shape index (κ2) is 8.52. The summed E-state index contributed by atoms with van der Waals surface area (Å²) in [4.78, 5) is 1.30. The largest absolute Gasteiger partial charge is 0.368 e. The fourth-order valence-electron chi connectivity index (χ4n) is 1.92. The van der Waals surface area contributed by atoms with E-state index in [-0.39, 0.29) is 0 Å². The van der Waals surface area contributed by atoms with Crippen molar-refractivity contribution in [1.29, 1.82) is 0 Å². The van der Waals surface area contributed by atoms with Crippen LogP contribution < -0.4 is 27.9 Å². The number of nitrogens with zero attached hydrogens (tertiary/aromatic N) is 1. The van der Waals surface area contributed by atoms with E-state index in [1.807, 2.05) is 32.8 Å². The van der Waals surface area contributed by atoms with Crippen molar-refractivity contribution >= 4 is 32.3 Å². The molecule has 2 heterocycles. The topological polar surface area (TPSA) is 104 Å². The number of morpholine rings is 1. The smallest absolute Gasteiger partial charge is 0.267 e. The van der Waals surface area contributed by atoms with Gasteiger partial charge in [0.15, 0.2) is 13.1 Å². The average Bonchev–Trinajstić information content (AvgIpc) is 2.97. The van der Waals surface area contributed by atoms with Gasteiger partial charge in [0.1, 0.15) is 13.2 Å². The Bertz CT molecular complexity index is 679. The zero-order valence-corrected chi connectivity index (χ0v) is 14.9. The van der Waals surface area contributed by atoms with Gasteiger partial charge < -0.3 is 4.74 Å². The third-order valence-corrected chi connectivity index (χ3v) is 5.64. The minimum atomic E-state index is -4.94. The van der Waals surface area contributed by atoms with Crippen molar-refractivity contribution in [3.8, 4) is 10.4 Å². The molecule has 2 aromatic rings. The Hall–Kier alpha value is -0.550. The lowest BCUT2D eigenvalue weighted by Crippen LogP contribution is -2.68. The highest BCUT2D eigenvalue weighted by atomic mass is 35.7. The van der Waals surface area contributed by atoms with Crippen LogP contribution in [0.15, 0.2) is 30.3 Å². The molecule has 0 bridgehead atoms. The van der Waals surface area contributed by atoms with E-state index in [1.54, 1.807) is 0 Å². The first-order valence-corrected chi connectivity index (χ1v) is 10.2. The highest BCUT2D eigenvalue weighted by Crippen LogP contribution is 2.26. The molecule has 0 aliphatic carbocycles. The number of rotatable bonds is 1. The van der Waals surface area contributed by atoms with Crippen LogP contribution in [-0.2, 0) is 4.74 Å². The van der Waals surface area contributed by atoms with Crippen molar-refractivity contribution in [3.05, 3.63) is 40.0 Å². The molecular weight excluding hydrogens is 385 g/mol. The lowest BCUT2D eigenvalue weighted by molar-refractivity contribution is -2.00. The van der Waals surface area contributed by atoms with Gasteiger partial charge in [0.2, 0.25) is 0 Å². The van der Waals surface area contributed by atoms with Crippen molar-refractivity contribution in [2.24, 2.45) is 0 Å². The molecule has 6 nitrogen and oxygen atoms in total. The molecule has 0 radical (unpaired) electrons. The minimum absolute atomic E-state index is 0.785. The van der Waals surface area contributed by atoms with E-state index in [9.17, 15) is 0 Å². The van der Waals surface area contributed by atoms with Crippen LogP contribution in [0.5, 0.6) is 0 Å². The van der Waals surface area contributed by atoms with Crippen molar-refractivity contribution in [2.75, 3.05) is 26.3 Å². The standard InChI is InChI=1S/C13H13ClNOS2.ClHO4/c14-11-3-1-10(2-4-11)12-9-13(18-17-12)15-5-7-16-8-6-15;2-1(3,4)5/h1-4,9H,5-8H2;(H,2,3,4,5)/q+1;/p-1. The van der Waals surface area contributed by atoms with Crippen molar-refractivity contribution < 1.29 is 33.6 Å². The van der Waals surface area contributed by atoms with E-state index < -0.39 is 10.2 Å². The third kappa shape index (κ3) is 6.84. The van der Waals surface area contributed by atoms with Crippen LogP contribution in [0.4, 0.5) is 0 Å². The van der Waals surface area contributed by atoms with Gasteiger partial charge in [-0.25, -0.2) is 23.2 Å². The molecule has 1 aliphatic heterocycles. The molecule has 1 saturated heterocycles. The summed E-state index contributed by atoms with van der Waals surface area (Å²) in [7, 11) is -1.29. The SMILES string of the molecule is Clc1ccc(-c2cc(=[N+]3CCOCC3)ss2)cc1.[O-][Cl+3]([O-])([O-])[O-]. The van der Waals surface area contributed by atoms with Gasteiger partial charge in [0.25, 0.3) is 4.67 Å². The molecule has 1 aliphatic rings. The van der Waals surface area contributed by atoms with Crippen LogP contribution in [-0.4, -0.2) is 26.3 Å². The van der Waals surface area contributed by atoms with E-state index in [0.717, 1.165) is 31.3 Å². The summed E-state index contributed by atoms with van der Waals surface area (Å²) in [6, 6.07) is 10.3. The Labute approximate surface area is 147 Å². The number of halogens is 2. The first-order chi connectivity index (χ1) is 10.8. The number of ether oxygens (including phenoxy) is 1. The second-order valence-corrected chi connectivity index (χ2v) is 7.88. The third-order valence-electron chi connectivity index (χ3n) is 2.92. The van der Waals surface area contributed by atoms with Crippen LogP contribution in [0.2, 0.25) is 5.02 Å². The molecular formula is C13H13Cl2NO5S2. The fraction of sp³-hybridized carbons (Fsp3) is 0.308. The van der Waals surface area contributed by atoms with Crippen molar-refractivity contribution in [2.45, 2.75) is 0 Å². The summed E-state index contributed by atoms with van der Waals surface area (Å²) in [5.74, 6) is 0. The molecule has 0 spiro atoms. The molecule has 23 heavy (non-hydrogen) atoms. The summed E-state index contributed by atoms with van der Waals surface area (Å²) in [6.07, 6.45) is 0. The van der Waals surface area contributed by atoms with Crippen molar-refractivity contribution in [1.82, 2.24) is 4.58 Å². The molecule has 3 rings (SSSR count). The average molecular weight is 398 g/mol. The quantitative estimate of drug-likeness (QED) is 0.416. The van der Waals surface area contributed by atoms with Gasteiger partial charge in [0.05, 0.1) is 4.88 Å². The second-order valence-electron chi connectivity index (χ2n) is 4.50. The highest BCUT2D eigenvalue weighted by molar-refractivity contribution is 7.69. The Morgan fingerprint density at radius 2 is 1.57 bits per heavy atom. The predicted molar refractivity (Wildman–Crippen MR) is 78.5 cm³/mol. The Morgan fingerprint density at radius 3 is 2.13 bits per heavy atom. The fourth-order valence-corrected chi connectivity index (χ4v) is 4.56.